The molecule has 3 nitrogen and oxygen atoms in total. The van der Waals surface area contributed by atoms with E-state index in [4.69, 9.17) is 9.84 Å². The van der Waals surface area contributed by atoms with Gasteiger partial charge in [0.15, 0.2) is 0 Å². The summed E-state index contributed by atoms with van der Waals surface area (Å²) < 4.78 is 9.54. The third kappa shape index (κ3) is 9.44. The molecular weight excluding hydrogens is 144 g/mol. The molecule has 0 aliphatic heterocycles. The highest BCUT2D eigenvalue weighted by Crippen LogP contribution is 1.82. The summed E-state index contributed by atoms with van der Waals surface area (Å²) in [7, 11) is 1.57. The minimum atomic E-state index is 0.202. The van der Waals surface area contributed by atoms with Crippen molar-refractivity contribution >= 4 is 0 Å². The Morgan fingerprint density at radius 2 is 2.18 bits per heavy atom. The molecule has 1 N–H and O–H groups in total. The number of rotatable bonds is 5. The van der Waals surface area contributed by atoms with Gasteiger partial charge in [0.2, 0.25) is 0 Å². The molecule has 0 radical (unpaired) electrons. The lowest BCUT2D eigenvalue weighted by atomic mass is 10.3. The van der Waals surface area contributed by atoms with Gasteiger partial charge in [-0.3, -0.25) is 0 Å². The van der Waals surface area contributed by atoms with Gasteiger partial charge in [-0.15, -0.1) is 5.92 Å². The summed E-state index contributed by atoms with van der Waals surface area (Å²) in [5.74, 6) is 5.65. The molecule has 0 aromatic heterocycles. The minimum absolute atomic E-state index is 0.202. The van der Waals surface area contributed by atoms with Gasteiger partial charge in [-0.05, 0) is 6.42 Å². The van der Waals surface area contributed by atoms with Crippen LogP contribution in [-0.2, 0) is 9.47 Å². The molecule has 0 saturated heterocycles. The highest BCUT2D eigenvalue weighted by Gasteiger charge is 1.79. The highest BCUT2D eigenvalue weighted by molar-refractivity contribution is 4.98. The topological polar surface area (TPSA) is 38.7 Å². The fourth-order valence-corrected chi connectivity index (χ4v) is 0.483. The molecule has 0 saturated carbocycles. The molecule has 0 aliphatic rings. The number of aliphatic hydroxyl groups is 1. The van der Waals surface area contributed by atoms with E-state index in [2.05, 4.69) is 16.6 Å². The molecule has 0 bridgehead atoms. The predicted octanol–water partition coefficient (Wildman–Crippen LogP) is 0.383. The molecule has 0 amide bonds. The molecule has 0 unspecified atom stereocenters. The van der Waals surface area contributed by atoms with E-state index in [9.17, 15) is 0 Å². The van der Waals surface area contributed by atoms with Crippen LogP contribution in [0.15, 0.2) is 0 Å². The van der Waals surface area contributed by atoms with Gasteiger partial charge in [0.05, 0.1) is 0 Å². The standard InChI is InChI=1S/C8H14O3/c1-10-8-11-7-5-3-2-4-6-9/h9H,2,4,6-8H2,1H3. The summed E-state index contributed by atoms with van der Waals surface area (Å²) >= 11 is 0. The van der Waals surface area contributed by atoms with Crippen LogP contribution >= 0.6 is 0 Å². The lowest BCUT2D eigenvalue weighted by Crippen LogP contribution is -1.95. The van der Waals surface area contributed by atoms with Crippen molar-refractivity contribution in [3.05, 3.63) is 0 Å². The maximum absolute atomic E-state index is 8.39. The number of unbranched alkanes of at least 4 members (excludes halogenated alkanes) is 1. The summed E-state index contributed by atoms with van der Waals surface area (Å²) in [6.45, 7) is 0.890. The van der Waals surface area contributed by atoms with Crippen LogP contribution in [0.1, 0.15) is 12.8 Å². The van der Waals surface area contributed by atoms with Gasteiger partial charge in [-0.2, -0.15) is 0 Å². The SMILES string of the molecule is COCOCC#CCCCO. The molecule has 0 aliphatic carbocycles. The lowest BCUT2D eigenvalue weighted by molar-refractivity contribution is -0.0166. The maximum Gasteiger partial charge on any atom is 0.147 e. The first-order chi connectivity index (χ1) is 5.41. The van der Waals surface area contributed by atoms with Gasteiger partial charge in [0.25, 0.3) is 0 Å². The summed E-state index contributed by atoms with van der Waals surface area (Å²) in [5, 5.41) is 8.39. The van der Waals surface area contributed by atoms with Gasteiger partial charge in [0.1, 0.15) is 13.4 Å². The fraction of sp³-hybridized carbons (Fsp3) is 0.750. The number of ether oxygens (including phenoxy) is 2. The molecule has 0 rings (SSSR count). The van der Waals surface area contributed by atoms with Crippen LogP contribution < -0.4 is 0 Å². The van der Waals surface area contributed by atoms with Crippen molar-refractivity contribution in [2.24, 2.45) is 0 Å². The van der Waals surface area contributed by atoms with Crippen LogP contribution in [0.5, 0.6) is 0 Å². The molecule has 0 spiro atoms. The number of hydrogen-bond donors (Lipinski definition) is 1. The Labute approximate surface area is 67.3 Å². The normalized spacial score (nSPS) is 8.91. The Balaban J connectivity index is 2.99. The van der Waals surface area contributed by atoms with Crippen LogP contribution in [-0.4, -0.2) is 32.2 Å². The Bertz CT molecular complexity index is 123. The molecule has 3 heteroatoms. The van der Waals surface area contributed by atoms with E-state index in [1.54, 1.807) is 7.11 Å². The molecule has 0 atom stereocenters. The number of aliphatic hydroxyl groups excluding tert-OH is 1. The third-order valence-electron chi connectivity index (χ3n) is 0.960. The van der Waals surface area contributed by atoms with Crippen LogP contribution in [0, 0.1) is 11.8 Å². The zero-order valence-electron chi connectivity index (χ0n) is 6.80. The summed E-state index contributed by atoms with van der Waals surface area (Å²) in [6.07, 6.45) is 1.46. The van der Waals surface area contributed by atoms with Crippen molar-refractivity contribution in [3.63, 3.8) is 0 Å². The van der Waals surface area contributed by atoms with E-state index >= 15 is 0 Å². The van der Waals surface area contributed by atoms with Crippen LogP contribution in [0.25, 0.3) is 0 Å². The summed E-state index contributed by atoms with van der Waals surface area (Å²) in [6, 6.07) is 0. The molecule has 0 aromatic rings. The van der Waals surface area contributed by atoms with Crippen molar-refractivity contribution in [2.75, 3.05) is 27.1 Å². The zero-order chi connectivity index (χ0) is 8.36. The summed E-state index contributed by atoms with van der Waals surface area (Å²) in [4.78, 5) is 0. The van der Waals surface area contributed by atoms with Crippen LogP contribution in [0.4, 0.5) is 0 Å². The van der Waals surface area contributed by atoms with E-state index in [1.165, 1.54) is 0 Å². The molecule has 64 valence electrons. The molecule has 0 aromatic carbocycles. The van der Waals surface area contributed by atoms with Gasteiger partial charge < -0.3 is 14.6 Å². The van der Waals surface area contributed by atoms with E-state index in [0.717, 1.165) is 12.8 Å². The first kappa shape index (κ1) is 10.4. The van der Waals surface area contributed by atoms with Gasteiger partial charge >= 0.3 is 0 Å². The monoisotopic (exact) mass is 158 g/mol. The molecule has 0 heterocycles. The average molecular weight is 158 g/mol. The predicted molar refractivity (Wildman–Crippen MR) is 41.9 cm³/mol. The largest absolute Gasteiger partial charge is 0.396 e. The Kier molecular flexibility index (Phi) is 8.96. The Hall–Kier alpha value is -0.560. The van der Waals surface area contributed by atoms with E-state index in [0.29, 0.717) is 6.61 Å². The van der Waals surface area contributed by atoms with Crippen molar-refractivity contribution < 1.29 is 14.6 Å². The highest BCUT2D eigenvalue weighted by atomic mass is 16.7. The van der Waals surface area contributed by atoms with E-state index < -0.39 is 0 Å². The quantitative estimate of drug-likeness (QED) is 0.357. The van der Waals surface area contributed by atoms with Gasteiger partial charge in [-0.1, -0.05) is 5.92 Å². The maximum atomic E-state index is 8.39. The molecular formula is C8H14O3. The first-order valence-corrected chi connectivity index (χ1v) is 3.55. The second-order valence-corrected chi connectivity index (χ2v) is 1.94. The smallest absolute Gasteiger partial charge is 0.147 e. The first-order valence-electron chi connectivity index (χ1n) is 3.55. The number of methoxy groups -OCH3 is 1. The molecule has 11 heavy (non-hydrogen) atoms. The number of hydrogen-bond acceptors (Lipinski definition) is 3. The van der Waals surface area contributed by atoms with E-state index in [-0.39, 0.29) is 13.4 Å². The van der Waals surface area contributed by atoms with Gasteiger partial charge in [0, 0.05) is 20.1 Å². The summed E-state index contributed by atoms with van der Waals surface area (Å²) in [5.41, 5.74) is 0. The zero-order valence-corrected chi connectivity index (χ0v) is 6.80. The third-order valence-corrected chi connectivity index (χ3v) is 0.960. The molecule has 0 fully saturated rings. The van der Waals surface area contributed by atoms with Crippen LogP contribution in [0.3, 0.4) is 0 Å². The second kappa shape index (κ2) is 9.44. The van der Waals surface area contributed by atoms with Crippen LogP contribution in [0.2, 0.25) is 0 Å². The van der Waals surface area contributed by atoms with Crippen molar-refractivity contribution in [2.45, 2.75) is 12.8 Å². The fourth-order valence-electron chi connectivity index (χ4n) is 0.483. The van der Waals surface area contributed by atoms with Crippen molar-refractivity contribution in [1.82, 2.24) is 0 Å². The van der Waals surface area contributed by atoms with Crippen molar-refractivity contribution in [3.8, 4) is 11.8 Å². The Morgan fingerprint density at radius 1 is 1.36 bits per heavy atom. The lowest BCUT2D eigenvalue weighted by Gasteiger charge is -1.94. The van der Waals surface area contributed by atoms with E-state index in [1.807, 2.05) is 0 Å². The van der Waals surface area contributed by atoms with Gasteiger partial charge in [-0.25, -0.2) is 0 Å². The Morgan fingerprint density at radius 3 is 2.82 bits per heavy atom. The minimum Gasteiger partial charge on any atom is -0.396 e. The van der Waals surface area contributed by atoms with Crippen molar-refractivity contribution in [1.29, 1.82) is 0 Å². The average Bonchev–Trinajstić information content (AvgIpc) is 2.03. The second-order valence-electron chi connectivity index (χ2n) is 1.94.